The molecule has 0 bridgehead atoms. The first-order valence-corrected chi connectivity index (χ1v) is 9.19. The minimum absolute atomic E-state index is 0.0986. The van der Waals surface area contributed by atoms with E-state index in [9.17, 15) is 9.59 Å². The molecule has 0 unspecified atom stereocenters. The maximum absolute atomic E-state index is 12.0. The normalized spacial score (nSPS) is 18.8. The monoisotopic (exact) mass is 403 g/mol. The van der Waals surface area contributed by atoms with Gasteiger partial charge < -0.3 is 24.4 Å². The quantitative estimate of drug-likeness (QED) is 0.824. The van der Waals surface area contributed by atoms with Crippen LogP contribution in [0.25, 0.3) is 0 Å². The minimum Gasteiger partial charge on any atom is -0.447 e. The maximum atomic E-state index is 12.0. The summed E-state index contributed by atoms with van der Waals surface area (Å²) in [6.45, 7) is 1.42. The summed E-state index contributed by atoms with van der Waals surface area (Å²) in [5.74, 6) is 1.20. The fraction of sp³-hybridized carbons (Fsp3) is 0.316. The van der Waals surface area contributed by atoms with Gasteiger partial charge in [0.15, 0.2) is 0 Å². The number of alkyl carbamates (subject to hydrolysis) is 1. The average Bonchev–Trinajstić information content (AvgIpc) is 3.07. The van der Waals surface area contributed by atoms with Gasteiger partial charge in [0.25, 0.3) is 0 Å². The molecule has 1 aromatic heterocycles. The van der Waals surface area contributed by atoms with Crippen LogP contribution in [0.1, 0.15) is 11.5 Å². The highest BCUT2D eigenvalue weighted by Crippen LogP contribution is 2.30. The number of hydrogen-bond acceptors (Lipinski definition) is 6. The Morgan fingerprint density at radius 1 is 1.29 bits per heavy atom. The molecule has 2 amide bonds. The van der Waals surface area contributed by atoms with Gasteiger partial charge in [0.1, 0.15) is 25.0 Å². The molecule has 8 nitrogen and oxygen atoms in total. The lowest BCUT2D eigenvalue weighted by Crippen LogP contribution is -2.49. The lowest BCUT2D eigenvalue weighted by atomic mass is 9.93. The van der Waals surface area contributed by atoms with Crippen molar-refractivity contribution in [2.24, 2.45) is 0 Å². The fourth-order valence-electron chi connectivity index (χ4n) is 2.95. The van der Waals surface area contributed by atoms with Crippen LogP contribution in [0.3, 0.4) is 0 Å². The summed E-state index contributed by atoms with van der Waals surface area (Å²) in [7, 11) is 0. The number of nitrogens with one attached hydrogen (secondary N) is 1. The Hall–Kier alpha value is -3.00. The molecular formula is C19H18ClN3O5. The second kappa shape index (κ2) is 7.93. The van der Waals surface area contributed by atoms with E-state index >= 15 is 0 Å². The number of benzene rings is 1. The second-order valence-corrected chi connectivity index (χ2v) is 6.99. The van der Waals surface area contributed by atoms with Crippen LogP contribution in [0.5, 0.6) is 11.6 Å². The first-order valence-electron chi connectivity index (χ1n) is 8.82. The van der Waals surface area contributed by atoms with E-state index in [0.717, 1.165) is 5.56 Å². The molecule has 4 rings (SSSR count). The van der Waals surface area contributed by atoms with Gasteiger partial charge in [0.2, 0.25) is 5.88 Å². The number of ether oxygens (including phenoxy) is 3. The zero-order valence-corrected chi connectivity index (χ0v) is 15.6. The van der Waals surface area contributed by atoms with Crippen LogP contribution in [-0.2, 0) is 9.47 Å². The van der Waals surface area contributed by atoms with Crippen LogP contribution in [0.15, 0.2) is 42.6 Å². The van der Waals surface area contributed by atoms with Gasteiger partial charge in [-0.25, -0.2) is 14.6 Å². The minimum atomic E-state index is -0.487. The van der Waals surface area contributed by atoms with Crippen molar-refractivity contribution in [1.29, 1.82) is 0 Å². The van der Waals surface area contributed by atoms with E-state index < -0.39 is 12.2 Å². The third kappa shape index (κ3) is 4.12. The standard InChI is InChI=1S/C19H18ClN3O5/c20-15-3-1-2-4-16(15)28-17-6-5-12(7-21-17)13-8-23(9-13)19(25)27-11-14-10-26-18(24)22-14/h1-7,13-14H,8-11H2,(H,22,24)/t14-/m0/s1. The third-order valence-corrected chi connectivity index (χ3v) is 4.88. The number of cyclic esters (lactones) is 1. The molecule has 2 aliphatic heterocycles. The summed E-state index contributed by atoms with van der Waals surface area (Å²) in [4.78, 5) is 28.9. The largest absolute Gasteiger partial charge is 0.447 e. The summed E-state index contributed by atoms with van der Waals surface area (Å²) in [5.41, 5.74) is 1.02. The van der Waals surface area contributed by atoms with Gasteiger partial charge in [-0.3, -0.25) is 0 Å². The van der Waals surface area contributed by atoms with Crippen molar-refractivity contribution >= 4 is 23.8 Å². The highest BCUT2D eigenvalue weighted by Gasteiger charge is 2.34. The van der Waals surface area contributed by atoms with Crippen LogP contribution in [0, 0.1) is 0 Å². The van der Waals surface area contributed by atoms with Crippen molar-refractivity contribution in [3.63, 3.8) is 0 Å². The van der Waals surface area contributed by atoms with Crippen molar-refractivity contribution in [1.82, 2.24) is 15.2 Å². The maximum Gasteiger partial charge on any atom is 0.409 e. The van der Waals surface area contributed by atoms with Gasteiger partial charge in [-0.15, -0.1) is 0 Å². The van der Waals surface area contributed by atoms with Gasteiger partial charge in [-0.1, -0.05) is 29.8 Å². The van der Waals surface area contributed by atoms with E-state index in [1.165, 1.54) is 0 Å². The Bertz CT molecular complexity index is 870. The molecular weight excluding hydrogens is 386 g/mol. The van der Waals surface area contributed by atoms with Crippen LogP contribution in [0.4, 0.5) is 9.59 Å². The molecule has 1 aromatic carbocycles. The summed E-state index contributed by atoms with van der Waals surface area (Å²) >= 11 is 6.08. The van der Waals surface area contributed by atoms with Crippen molar-refractivity contribution in [2.45, 2.75) is 12.0 Å². The van der Waals surface area contributed by atoms with E-state index in [4.69, 9.17) is 25.8 Å². The molecule has 9 heteroatoms. The van der Waals surface area contributed by atoms with E-state index in [1.54, 1.807) is 29.3 Å². The number of hydrogen-bond donors (Lipinski definition) is 1. The van der Waals surface area contributed by atoms with Crippen molar-refractivity contribution in [3.8, 4) is 11.6 Å². The number of pyridine rings is 1. The van der Waals surface area contributed by atoms with Crippen LogP contribution in [-0.4, -0.2) is 54.4 Å². The highest BCUT2D eigenvalue weighted by atomic mass is 35.5. The van der Waals surface area contributed by atoms with Crippen molar-refractivity contribution in [3.05, 3.63) is 53.2 Å². The van der Waals surface area contributed by atoms with Crippen LogP contribution in [0.2, 0.25) is 5.02 Å². The Morgan fingerprint density at radius 2 is 2.11 bits per heavy atom. The summed E-state index contributed by atoms with van der Waals surface area (Å²) in [6.07, 6.45) is 0.855. The lowest BCUT2D eigenvalue weighted by molar-refractivity contribution is 0.0649. The number of para-hydroxylation sites is 1. The molecule has 0 radical (unpaired) electrons. The molecule has 146 valence electrons. The van der Waals surface area contributed by atoms with Gasteiger partial charge >= 0.3 is 12.2 Å². The summed E-state index contributed by atoms with van der Waals surface area (Å²) < 4.78 is 15.6. The lowest BCUT2D eigenvalue weighted by Gasteiger charge is -2.38. The number of likely N-dealkylation sites (tertiary alicyclic amines) is 1. The van der Waals surface area contributed by atoms with Crippen LogP contribution >= 0.6 is 11.6 Å². The third-order valence-electron chi connectivity index (χ3n) is 4.57. The fourth-order valence-corrected chi connectivity index (χ4v) is 3.13. The molecule has 1 N–H and O–H groups in total. The molecule has 2 aliphatic rings. The molecule has 28 heavy (non-hydrogen) atoms. The summed E-state index contributed by atoms with van der Waals surface area (Å²) in [5, 5.41) is 3.08. The van der Waals surface area contributed by atoms with Crippen LogP contribution < -0.4 is 10.1 Å². The van der Waals surface area contributed by atoms with Crippen molar-refractivity contribution < 1.29 is 23.8 Å². The number of carbonyl (C=O) groups is 2. The molecule has 3 heterocycles. The number of carbonyl (C=O) groups excluding carboxylic acids is 2. The zero-order chi connectivity index (χ0) is 19.5. The second-order valence-electron chi connectivity index (χ2n) is 6.58. The first kappa shape index (κ1) is 18.4. The number of nitrogens with zero attached hydrogens (tertiary/aromatic N) is 2. The van der Waals surface area contributed by atoms with Gasteiger partial charge in [-0.2, -0.15) is 0 Å². The molecule has 2 saturated heterocycles. The number of rotatable bonds is 5. The van der Waals surface area contributed by atoms with E-state index in [-0.39, 0.29) is 25.2 Å². The highest BCUT2D eigenvalue weighted by molar-refractivity contribution is 6.32. The Kier molecular flexibility index (Phi) is 5.21. The van der Waals surface area contributed by atoms with E-state index in [2.05, 4.69) is 10.3 Å². The Balaban J connectivity index is 1.24. The topological polar surface area (TPSA) is 90.0 Å². The number of amides is 2. The van der Waals surface area contributed by atoms with Crippen molar-refractivity contribution in [2.75, 3.05) is 26.3 Å². The Morgan fingerprint density at radius 3 is 2.79 bits per heavy atom. The van der Waals surface area contributed by atoms with E-state index in [0.29, 0.717) is 29.7 Å². The van der Waals surface area contributed by atoms with Gasteiger partial charge in [0, 0.05) is 31.3 Å². The van der Waals surface area contributed by atoms with Gasteiger partial charge in [0.05, 0.1) is 5.02 Å². The zero-order valence-electron chi connectivity index (χ0n) is 14.8. The molecule has 2 fully saturated rings. The first-order chi connectivity index (χ1) is 13.6. The van der Waals surface area contributed by atoms with Gasteiger partial charge in [-0.05, 0) is 17.7 Å². The Labute approximate surface area is 166 Å². The number of halogens is 1. The molecule has 0 aliphatic carbocycles. The predicted molar refractivity (Wildman–Crippen MR) is 99.7 cm³/mol. The smallest absolute Gasteiger partial charge is 0.409 e. The molecule has 0 saturated carbocycles. The molecule has 2 aromatic rings. The average molecular weight is 404 g/mol. The molecule has 1 atom stereocenters. The SMILES string of the molecule is O=C1N[C@H](COC(=O)N2CC(c3ccc(Oc4ccccc4Cl)nc3)C2)CO1. The van der Waals surface area contributed by atoms with E-state index in [1.807, 2.05) is 18.2 Å². The number of aromatic nitrogens is 1. The molecule has 0 spiro atoms. The predicted octanol–water partition coefficient (Wildman–Crippen LogP) is 3.17. The summed E-state index contributed by atoms with van der Waals surface area (Å²) in [6, 6.07) is 10.6.